The fourth-order valence-corrected chi connectivity index (χ4v) is 3.78. The molecule has 0 aromatic carbocycles. The normalized spacial score (nSPS) is 23.8. The predicted octanol–water partition coefficient (Wildman–Crippen LogP) is 3.32. The molecule has 3 nitrogen and oxygen atoms in total. The van der Waals surface area contributed by atoms with Crippen LogP contribution in [0.5, 0.6) is 0 Å². The van der Waals surface area contributed by atoms with Gasteiger partial charge in [-0.1, -0.05) is 20.8 Å². The average molecular weight is 294 g/mol. The Morgan fingerprint density at radius 2 is 2.00 bits per heavy atom. The molecule has 0 unspecified atom stereocenters. The Bertz CT molecular complexity index is 453. The van der Waals surface area contributed by atoms with Crippen molar-refractivity contribution in [3.05, 3.63) is 16.1 Å². The largest absolute Gasteiger partial charge is 0.330 e. The van der Waals surface area contributed by atoms with Gasteiger partial charge in [-0.2, -0.15) is 0 Å². The van der Waals surface area contributed by atoms with E-state index in [0.29, 0.717) is 18.1 Å². The van der Waals surface area contributed by atoms with Crippen LogP contribution in [0.25, 0.3) is 0 Å². The Labute approximate surface area is 126 Å². The number of hydrogen-bond donors (Lipinski definition) is 1. The second kappa shape index (κ2) is 6.35. The third-order valence-corrected chi connectivity index (χ3v) is 5.13. The lowest BCUT2D eigenvalue weighted by molar-refractivity contribution is -0.123. The molecule has 0 atom stereocenters. The van der Waals surface area contributed by atoms with Crippen molar-refractivity contribution in [2.75, 3.05) is 6.54 Å². The molecule has 112 valence electrons. The van der Waals surface area contributed by atoms with Crippen molar-refractivity contribution in [1.82, 2.24) is 4.98 Å². The second-order valence-electron chi connectivity index (χ2n) is 6.97. The van der Waals surface area contributed by atoms with E-state index in [1.165, 1.54) is 0 Å². The number of rotatable bonds is 4. The Morgan fingerprint density at radius 1 is 1.35 bits per heavy atom. The van der Waals surface area contributed by atoms with Gasteiger partial charge >= 0.3 is 0 Å². The van der Waals surface area contributed by atoms with Gasteiger partial charge in [-0.25, -0.2) is 4.98 Å². The molecule has 1 aliphatic carbocycles. The minimum absolute atomic E-state index is 0.0665. The summed E-state index contributed by atoms with van der Waals surface area (Å²) in [5.41, 5.74) is 6.86. The number of ketones is 1. The van der Waals surface area contributed by atoms with E-state index in [9.17, 15) is 4.79 Å². The van der Waals surface area contributed by atoms with E-state index in [1.807, 2.05) is 0 Å². The Morgan fingerprint density at radius 3 is 2.50 bits per heavy atom. The van der Waals surface area contributed by atoms with Gasteiger partial charge in [0.25, 0.3) is 0 Å². The lowest BCUT2D eigenvalue weighted by Crippen LogP contribution is -2.26. The van der Waals surface area contributed by atoms with Gasteiger partial charge in [0.2, 0.25) is 0 Å². The molecule has 1 heterocycles. The first kappa shape index (κ1) is 15.6. The number of carbonyl (C=O) groups excluding carboxylic acids is 1. The van der Waals surface area contributed by atoms with Crippen LogP contribution < -0.4 is 5.73 Å². The third kappa shape index (κ3) is 3.89. The Kier molecular flexibility index (Phi) is 4.97. The summed E-state index contributed by atoms with van der Waals surface area (Å²) in [5, 5.41) is 3.06. The van der Waals surface area contributed by atoms with Crippen LogP contribution in [0.3, 0.4) is 0 Å². The molecule has 1 aromatic heterocycles. The highest BCUT2D eigenvalue weighted by molar-refractivity contribution is 7.09. The van der Waals surface area contributed by atoms with Gasteiger partial charge in [0.05, 0.1) is 12.1 Å². The van der Waals surface area contributed by atoms with Crippen LogP contribution in [0.15, 0.2) is 5.38 Å². The Hall–Kier alpha value is -0.740. The predicted molar refractivity (Wildman–Crippen MR) is 84.0 cm³/mol. The average Bonchev–Trinajstić information content (AvgIpc) is 2.87. The maximum atomic E-state index is 12.4. The lowest BCUT2D eigenvalue weighted by Gasteiger charge is -2.26. The topological polar surface area (TPSA) is 56.0 Å². The van der Waals surface area contributed by atoms with Crippen molar-refractivity contribution >= 4 is 17.1 Å². The van der Waals surface area contributed by atoms with Gasteiger partial charge in [0.15, 0.2) is 0 Å². The molecule has 1 aliphatic rings. The van der Waals surface area contributed by atoms with Crippen LogP contribution in [-0.2, 0) is 16.6 Å². The van der Waals surface area contributed by atoms with Crippen molar-refractivity contribution in [2.45, 2.75) is 58.3 Å². The number of carbonyl (C=O) groups is 1. The molecule has 0 saturated heterocycles. The minimum atomic E-state index is 0.0665. The first-order valence-electron chi connectivity index (χ1n) is 7.58. The molecule has 2 rings (SSSR count). The van der Waals surface area contributed by atoms with Crippen LogP contribution in [0.1, 0.15) is 57.2 Å². The van der Waals surface area contributed by atoms with Crippen molar-refractivity contribution in [1.29, 1.82) is 0 Å². The highest BCUT2D eigenvalue weighted by Crippen LogP contribution is 2.30. The molecular weight excluding hydrogens is 268 g/mol. The van der Waals surface area contributed by atoms with Gasteiger partial charge in [0.1, 0.15) is 10.8 Å². The van der Waals surface area contributed by atoms with E-state index in [0.717, 1.165) is 42.9 Å². The molecule has 1 fully saturated rings. The summed E-state index contributed by atoms with van der Waals surface area (Å²) in [4.78, 5) is 17.0. The summed E-state index contributed by atoms with van der Waals surface area (Å²) in [6.45, 7) is 7.23. The van der Waals surface area contributed by atoms with Crippen LogP contribution >= 0.6 is 11.3 Å². The van der Waals surface area contributed by atoms with Gasteiger partial charge in [-0.3, -0.25) is 4.79 Å². The molecule has 0 aliphatic heterocycles. The molecule has 0 spiro atoms. The first-order chi connectivity index (χ1) is 9.40. The number of thiazole rings is 1. The highest BCUT2D eigenvalue weighted by atomic mass is 32.1. The zero-order valence-corrected chi connectivity index (χ0v) is 13.6. The summed E-state index contributed by atoms with van der Waals surface area (Å²) < 4.78 is 0. The summed E-state index contributed by atoms with van der Waals surface area (Å²) >= 11 is 1.62. The lowest BCUT2D eigenvalue weighted by atomic mass is 9.79. The number of nitrogens with two attached hydrogens (primary N) is 1. The standard InChI is InChI=1S/C16H26N2OS/c1-16(2,3)14-10-20-15(18-14)8-13(19)12-6-4-11(9-17)5-7-12/h10-12H,4-9,17H2,1-3H3. The highest BCUT2D eigenvalue weighted by Gasteiger charge is 2.26. The van der Waals surface area contributed by atoms with Crippen molar-refractivity contribution in [3.63, 3.8) is 0 Å². The quantitative estimate of drug-likeness (QED) is 0.927. The van der Waals surface area contributed by atoms with E-state index in [-0.39, 0.29) is 11.3 Å². The molecule has 0 radical (unpaired) electrons. The van der Waals surface area contributed by atoms with Gasteiger partial charge in [-0.05, 0) is 38.1 Å². The van der Waals surface area contributed by atoms with E-state index >= 15 is 0 Å². The van der Waals surface area contributed by atoms with Crippen molar-refractivity contribution in [2.24, 2.45) is 17.6 Å². The van der Waals surface area contributed by atoms with E-state index < -0.39 is 0 Å². The van der Waals surface area contributed by atoms with Crippen LogP contribution in [0.2, 0.25) is 0 Å². The van der Waals surface area contributed by atoms with Crippen molar-refractivity contribution < 1.29 is 4.79 Å². The second-order valence-corrected chi connectivity index (χ2v) is 7.92. The Balaban J connectivity index is 1.90. The summed E-state index contributed by atoms with van der Waals surface area (Å²) in [7, 11) is 0. The maximum absolute atomic E-state index is 12.4. The molecule has 1 aromatic rings. The monoisotopic (exact) mass is 294 g/mol. The van der Waals surface area contributed by atoms with E-state index in [4.69, 9.17) is 5.73 Å². The number of aromatic nitrogens is 1. The minimum Gasteiger partial charge on any atom is -0.330 e. The molecule has 2 N–H and O–H groups in total. The SMILES string of the molecule is CC(C)(C)c1csc(CC(=O)C2CCC(CN)CC2)n1. The molecule has 20 heavy (non-hydrogen) atoms. The molecular formula is C16H26N2OS. The van der Waals surface area contributed by atoms with Crippen molar-refractivity contribution in [3.8, 4) is 0 Å². The fraction of sp³-hybridized carbons (Fsp3) is 0.750. The molecule has 4 heteroatoms. The first-order valence-corrected chi connectivity index (χ1v) is 8.45. The van der Waals surface area contributed by atoms with E-state index in [2.05, 4.69) is 31.1 Å². The summed E-state index contributed by atoms with van der Waals surface area (Å²) in [5.74, 6) is 1.24. The van der Waals surface area contributed by atoms with Crippen LogP contribution in [0, 0.1) is 11.8 Å². The summed E-state index contributed by atoms with van der Waals surface area (Å²) in [6, 6.07) is 0. The number of Topliss-reactive ketones (excluding diaryl/α,β-unsaturated/α-hetero) is 1. The molecule has 0 amide bonds. The van der Waals surface area contributed by atoms with Gasteiger partial charge < -0.3 is 5.73 Å². The molecule has 0 bridgehead atoms. The van der Waals surface area contributed by atoms with Gasteiger partial charge in [0, 0.05) is 16.7 Å². The van der Waals surface area contributed by atoms with Gasteiger partial charge in [-0.15, -0.1) is 11.3 Å². The fourth-order valence-electron chi connectivity index (χ4n) is 2.75. The summed E-state index contributed by atoms with van der Waals surface area (Å²) in [6.07, 6.45) is 4.76. The number of hydrogen-bond acceptors (Lipinski definition) is 4. The van der Waals surface area contributed by atoms with E-state index in [1.54, 1.807) is 11.3 Å². The smallest absolute Gasteiger partial charge is 0.142 e. The maximum Gasteiger partial charge on any atom is 0.142 e. The van der Waals surface area contributed by atoms with Crippen LogP contribution in [-0.4, -0.2) is 17.3 Å². The zero-order valence-electron chi connectivity index (χ0n) is 12.8. The van der Waals surface area contributed by atoms with Crippen LogP contribution in [0.4, 0.5) is 0 Å². The number of nitrogens with zero attached hydrogens (tertiary/aromatic N) is 1. The molecule has 1 saturated carbocycles. The third-order valence-electron chi connectivity index (χ3n) is 4.28. The zero-order chi connectivity index (χ0) is 14.8.